The minimum atomic E-state index is -0.638. The molecule has 0 aromatic carbocycles. The lowest BCUT2D eigenvalue weighted by atomic mass is 9.98. The fourth-order valence-corrected chi connectivity index (χ4v) is 1.70. The van der Waals surface area contributed by atoms with E-state index in [1.807, 2.05) is 4.90 Å². The number of hydrogen-bond acceptors (Lipinski definition) is 4. The van der Waals surface area contributed by atoms with Crippen LogP contribution in [0, 0.1) is 11.3 Å². The van der Waals surface area contributed by atoms with Gasteiger partial charge in [-0.15, -0.1) is 0 Å². The number of rotatable bonds is 4. The van der Waals surface area contributed by atoms with Crippen LogP contribution in [0.1, 0.15) is 33.1 Å². The van der Waals surface area contributed by atoms with Crippen molar-refractivity contribution in [2.75, 3.05) is 13.1 Å². The van der Waals surface area contributed by atoms with Crippen LogP contribution in [-0.2, 0) is 9.59 Å². The second-order valence-corrected chi connectivity index (χ2v) is 4.47. The third kappa shape index (κ3) is 2.80. The number of carbonyl (C=O) groups excluding carboxylic acids is 2. The average Bonchev–Trinajstić information content (AvgIpc) is 2.20. The molecule has 0 bridgehead atoms. The minimum Gasteiger partial charge on any atom is -0.294 e. The predicted molar refractivity (Wildman–Crippen MR) is 58.3 cm³/mol. The summed E-state index contributed by atoms with van der Waals surface area (Å²) in [5.74, 6) is -0.492. The van der Waals surface area contributed by atoms with Crippen LogP contribution < -0.4 is 5.32 Å². The van der Waals surface area contributed by atoms with Crippen molar-refractivity contribution in [3.8, 4) is 6.07 Å². The van der Waals surface area contributed by atoms with E-state index in [1.54, 1.807) is 13.8 Å². The molecule has 1 saturated heterocycles. The molecule has 1 rings (SSSR count). The lowest BCUT2D eigenvalue weighted by molar-refractivity contribution is -0.145. The largest absolute Gasteiger partial charge is 0.294 e. The Morgan fingerprint density at radius 3 is 2.75 bits per heavy atom. The van der Waals surface area contributed by atoms with Crippen molar-refractivity contribution in [2.24, 2.45) is 0 Å². The van der Waals surface area contributed by atoms with Crippen LogP contribution >= 0.6 is 0 Å². The molecule has 1 heterocycles. The summed E-state index contributed by atoms with van der Waals surface area (Å²) >= 11 is 0. The Labute approximate surface area is 95.4 Å². The molecule has 2 amide bonds. The Morgan fingerprint density at radius 2 is 2.12 bits per heavy atom. The molecule has 1 aliphatic heterocycles. The van der Waals surface area contributed by atoms with E-state index in [-0.39, 0.29) is 18.4 Å². The van der Waals surface area contributed by atoms with Gasteiger partial charge in [-0.25, -0.2) is 0 Å². The number of unbranched alkanes of at least 4 members (excludes halogenated alkanes) is 2. The van der Waals surface area contributed by atoms with Crippen LogP contribution in [-0.4, -0.2) is 35.3 Å². The van der Waals surface area contributed by atoms with Crippen LogP contribution in [0.5, 0.6) is 0 Å². The third-order valence-corrected chi connectivity index (χ3v) is 2.90. The highest BCUT2D eigenvalue weighted by molar-refractivity contribution is 6.02. The molecule has 1 aliphatic rings. The molecule has 5 nitrogen and oxygen atoms in total. The Morgan fingerprint density at radius 1 is 1.44 bits per heavy atom. The van der Waals surface area contributed by atoms with Gasteiger partial charge in [0.25, 0.3) is 0 Å². The lowest BCUT2D eigenvalue weighted by Gasteiger charge is -2.40. The maximum atomic E-state index is 11.6. The molecule has 0 spiro atoms. The summed E-state index contributed by atoms with van der Waals surface area (Å²) in [7, 11) is 0. The van der Waals surface area contributed by atoms with Gasteiger partial charge in [0.1, 0.15) is 0 Å². The van der Waals surface area contributed by atoms with Crippen molar-refractivity contribution >= 4 is 11.8 Å². The molecule has 1 N–H and O–H groups in total. The zero-order chi connectivity index (χ0) is 12.2. The molecule has 88 valence electrons. The summed E-state index contributed by atoms with van der Waals surface area (Å²) in [4.78, 5) is 24.7. The summed E-state index contributed by atoms with van der Waals surface area (Å²) in [6, 6.07) is 2.08. The molecule has 0 aromatic heterocycles. The fraction of sp³-hybridized carbons (Fsp3) is 0.727. The van der Waals surface area contributed by atoms with Crippen molar-refractivity contribution in [2.45, 2.75) is 38.6 Å². The van der Waals surface area contributed by atoms with E-state index in [0.717, 1.165) is 12.8 Å². The molecule has 0 aliphatic carbocycles. The van der Waals surface area contributed by atoms with E-state index < -0.39 is 5.54 Å². The molecule has 0 atom stereocenters. The SMILES string of the molecule is CC1(C)C(=O)NC(=O)CN1CCCCC#N. The molecule has 1 fully saturated rings. The number of carbonyl (C=O) groups is 2. The first-order valence-electron chi connectivity index (χ1n) is 5.45. The average molecular weight is 223 g/mol. The van der Waals surface area contributed by atoms with Gasteiger partial charge in [-0.1, -0.05) is 0 Å². The van der Waals surface area contributed by atoms with Gasteiger partial charge in [0.2, 0.25) is 11.8 Å². The molecule has 0 aromatic rings. The summed E-state index contributed by atoms with van der Waals surface area (Å²) in [5, 5.41) is 10.7. The van der Waals surface area contributed by atoms with Crippen LogP contribution in [0.4, 0.5) is 0 Å². The quantitative estimate of drug-likeness (QED) is 0.553. The Kier molecular flexibility index (Phi) is 4.02. The highest BCUT2D eigenvalue weighted by Crippen LogP contribution is 2.18. The Bertz CT molecular complexity index is 331. The number of amides is 2. The number of hydrogen-bond donors (Lipinski definition) is 1. The maximum absolute atomic E-state index is 11.6. The zero-order valence-corrected chi connectivity index (χ0v) is 9.75. The van der Waals surface area contributed by atoms with Crippen molar-refractivity contribution in [1.82, 2.24) is 10.2 Å². The minimum absolute atomic E-state index is 0.246. The van der Waals surface area contributed by atoms with Crippen molar-refractivity contribution in [3.63, 3.8) is 0 Å². The first-order chi connectivity index (χ1) is 7.48. The molecular formula is C11H17N3O2. The van der Waals surface area contributed by atoms with E-state index in [9.17, 15) is 9.59 Å². The van der Waals surface area contributed by atoms with Gasteiger partial charge >= 0.3 is 0 Å². The molecule has 0 saturated carbocycles. The molecule has 5 heteroatoms. The number of nitrogens with zero attached hydrogens (tertiary/aromatic N) is 2. The smallest absolute Gasteiger partial charge is 0.246 e. The van der Waals surface area contributed by atoms with Crippen LogP contribution in [0.2, 0.25) is 0 Å². The number of nitrogens with one attached hydrogen (secondary N) is 1. The van der Waals surface area contributed by atoms with Gasteiger partial charge < -0.3 is 0 Å². The molecule has 16 heavy (non-hydrogen) atoms. The first-order valence-corrected chi connectivity index (χ1v) is 5.45. The fourth-order valence-electron chi connectivity index (χ4n) is 1.70. The van der Waals surface area contributed by atoms with Crippen LogP contribution in [0.25, 0.3) is 0 Å². The zero-order valence-electron chi connectivity index (χ0n) is 9.75. The Hall–Kier alpha value is -1.41. The van der Waals surface area contributed by atoms with Gasteiger partial charge in [0, 0.05) is 6.42 Å². The summed E-state index contributed by atoms with van der Waals surface area (Å²) < 4.78 is 0. The van der Waals surface area contributed by atoms with Crippen LogP contribution in [0.3, 0.4) is 0 Å². The maximum Gasteiger partial charge on any atom is 0.246 e. The summed E-state index contributed by atoms with van der Waals surface area (Å²) in [5.41, 5.74) is -0.638. The van der Waals surface area contributed by atoms with E-state index in [4.69, 9.17) is 5.26 Å². The van der Waals surface area contributed by atoms with Gasteiger partial charge in [-0.05, 0) is 33.2 Å². The number of piperazine rings is 1. The predicted octanol–water partition coefficient (Wildman–Crippen LogP) is 0.417. The van der Waals surface area contributed by atoms with Gasteiger partial charge in [0.15, 0.2) is 0 Å². The third-order valence-electron chi connectivity index (χ3n) is 2.90. The second kappa shape index (κ2) is 5.08. The first kappa shape index (κ1) is 12.7. The van der Waals surface area contributed by atoms with E-state index in [2.05, 4.69) is 11.4 Å². The van der Waals surface area contributed by atoms with Crippen molar-refractivity contribution in [3.05, 3.63) is 0 Å². The molecule has 0 unspecified atom stereocenters. The molecular weight excluding hydrogens is 206 g/mol. The second-order valence-electron chi connectivity index (χ2n) is 4.47. The van der Waals surface area contributed by atoms with E-state index in [0.29, 0.717) is 13.0 Å². The topological polar surface area (TPSA) is 73.2 Å². The van der Waals surface area contributed by atoms with Gasteiger partial charge in [0.05, 0.1) is 18.2 Å². The van der Waals surface area contributed by atoms with Crippen molar-refractivity contribution < 1.29 is 9.59 Å². The van der Waals surface area contributed by atoms with Gasteiger partial charge in [-0.3, -0.25) is 19.8 Å². The molecule has 0 radical (unpaired) electrons. The summed E-state index contributed by atoms with van der Waals surface area (Å²) in [6.07, 6.45) is 2.16. The van der Waals surface area contributed by atoms with E-state index >= 15 is 0 Å². The van der Waals surface area contributed by atoms with Crippen molar-refractivity contribution in [1.29, 1.82) is 5.26 Å². The van der Waals surface area contributed by atoms with Gasteiger partial charge in [-0.2, -0.15) is 5.26 Å². The summed E-state index contributed by atoms with van der Waals surface area (Å²) in [6.45, 7) is 4.54. The Balaban J connectivity index is 2.52. The van der Waals surface area contributed by atoms with Crippen LogP contribution in [0.15, 0.2) is 0 Å². The number of nitriles is 1. The lowest BCUT2D eigenvalue weighted by Crippen LogP contribution is -2.64. The normalized spacial score (nSPS) is 20.3. The standard InChI is InChI=1S/C11H17N3O2/c1-11(2)10(16)13-9(15)8-14(11)7-5-3-4-6-12/h3-5,7-8H2,1-2H3,(H,13,15,16). The monoisotopic (exact) mass is 223 g/mol. The number of imide groups is 1. The highest BCUT2D eigenvalue weighted by Gasteiger charge is 2.40. The van der Waals surface area contributed by atoms with E-state index in [1.165, 1.54) is 0 Å². The highest BCUT2D eigenvalue weighted by atomic mass is 16.2.